The van der Waals surface area contributed by atoms with Crippen LogP contribution in [0.15, 0.2) is 0 Å². The highest BCUT2D eigenvalue weighted by Crippen LogP contribution is 2.27. The van der Waals surface area contributed by atoms with E-state index in [1.165, 1.54) is 0 Å². The standard InChI is InChI=1S/C15H25N3O2/c1-14(2,3)9-15(4,5)16-13(19)12-10-8-20-7-6-11(10)17-18-12/h6-9H2,1-5H3,(H,16,19)(H,17,18). The van der Waals surface area contributed by atoms with E-state index in [-0.39, 0.29) is 16.9 Å². The molecule has 0 saturated heterocycles. The molecule has 0 bridgehead atoms. The molecule has 2 rings (SSSR count). The van der Waals surface area contributed by atoms with Crippen molar-refractivity contribution < 1.29 is 9.53 Å². The molecule has 1 aromatic rings. The number of H-pyrrole nitrogens is 1. The monoisotopic (exact) mass is 279 g/mol. The normalized spacial score (nSPS) is 15.8. The highest BCUT2D eigenvalue weighted by Gasteiger charge is 2.30. The topological polar surface area (TPSA) is 67.0 Å². The molecule has 1 aliphatic heterocycles. The lowest BCUT2D eigenvalue weighted by atomic mass is 9.81. The lowest BCUT2D eigenvalue weighted by molar-refractivity contribution is 0.0867. The van der Waals surface area contributed by atoms with E-state index in [2.05, 4.69) is 36.3 Å². The number of hydrogen-bond acceptors (Lipinski definition) is 3. The van der Waals surface area contributed by atoms with Crippen molar-refractivity contribution in [1.82, 2.24) is 15.5 Å². The first-order valence-electron chi connectivity index (χ1n) is 7.14. The van der Waals surface area contributed by atoms with Gasteiger partial charge in [0.05, 0.1) is 13.2 Å². The van der Waals surface area contributed by atoms with E-state index in [1.807, 2.05) is 13.8 Å². The third-order valence-electron chi connectivity index (χ3n) is 3.33. The van der Waals surface area contributed by atoms with Gasteiger partial charge in [0, 0.05) is 23.2 Å². The Morgan fingerprint density at radius 1 is 1.35 bits per heavy atom. The number of aromatic nitrogens is 2. The van der Waals surface area contributed by atoms with E-state index in [9.17, 15) is 4.79 Å². The smallest absolute Gasteiger partial charge is 0.272 e. The van der Waals surface area contributed by atoms with Gasteiger partial charge in [0.1, 0.15) is 0 Å². The van der Waals surface area contributed by atoms with E-state index in [0.717, 1.165) is 24.1 Å². The van der Waals surface area contributed by atoms with Crippen LogP contribution in [0.3, 0.4) is 0 Å². The zero-order valence-corrected chi connectivity index (χ0v) is 13.1. The molecule has 0 aromatic carbocycles. The Balaban J connectivity index is 2.10. The SMILES string of the molecule is CC(C)(C)CC(C)(C)NC(=O)c1n[nH]c2c1COCC2. The fraction of sp³-hybridized carbons (Fsp3) is 0.733. The fourth-order valence-electron chi connectivity index (χ4n) is 3.04. The maximum absolute atomic E-state index is 12.4. The summed E-state index contributed by atoms with van der Waals surface area (Å²) in [5, 5.41) is 10.2. The van der Waals surface area contributed by atoms with Crippen molar-refractivity contribution in [3.8, 4) is 0 Å². The van der Waals surface area contributed by atoms with Crippen molar-refractivity contribution in [2.75, 3.05) is 6.61 Å². The van der Waals surface area contributed by atoms with Crippen molar-refractivity contribution in [3.05, 3.63) is 17.0 Å². The quantitative estimate of drug-likeness (QED) is 0.893. The van der Waals surface area contributed by atoms with E-state index >= 15 is 0 Å². The number of rotatable bonds is 3. The third kappa shape index (κ3) is 3.60. The molecule has 1 aliphatic rings. The zero-order valence-electron chi connectivity index (χ0n) is 13.1. The molecular weight excluding hydrogens is 254 g/mol. The van der Waals surface area contributed by atoms with Crippen LogP contribution in [-0.2, 0) is 17.8 Å². The summed E-state index contributed by atoms with van der Waals surface area (Å²) < 4.78 is 5.42. The Morgan fingerprint density at radius 3 is 2.70 bits per heavy atom. The van der Waals surface area contributed by atoms with Gasteiger partial charge in [0.2, 0.25) is 0 Å². The summed E-state index contributed by atoms with van der Waals surface area (Å²) in [6, 6.07) is 0. The van der Waals surface area contributed by atoms with E-state index in [1.54, 1.807) is 0 Å². The summed E-state index contributed by atoms with van der Waals surface area (Å²) in [5.41, 5.74) is 2.29. The van der Waals surface area contributed by atoms with E-state index in [4.69, 9.17) is 4.74 Å². The molecule has 1 amide bonds. The maximum Gasteiger partial charge on any atom is 0.272 e. The number of fused-ring (bicyclic) bond motifs is 1. The fourth-order valence-corrected chi connectivity index (χ4v) is 3.04. The molecule has 0 radical (unpaired) electrons. The Bertz CT molecular complexity index is 498. The second-order valence-electron chi connectivity index (χ2n) is 7.41. The predicted molar refractivity (Wildman–Crippen MR) is 77.6 cm³/mol. The highest BCUT2D eigenvalue weighted by molar-refractivity contribution is 5.94. The van der Waals surface area contributed by atoms with Gasteiger partial charge >= 0.3 is 0 Å². The average molecular weight is 279 g/mol. The minimum Gasteiger partial charge on any atom is -0.376 e. The van der Waals surface area contributed by atoms with Crippen LogP contribution in [-0.4, -0.2) is 28.3 Å². The molecule has 5 heteroatoms. The van der Waals surface area contributed by atoms with Gasteiger partial charge in [-0.2, -0.15) is 5.10 Å². The second kappa shape index (κ2) is 5.20. The van der Waals surface area contributed by atoms with Crippen LogP contribution in [0.2, 0.25) is 0 Å². The third-order valence-corrected chi connectivity index (χ3v) is 3.33. The van der Waals surface area contributed by atoms with Crippen LogP contribution >= 0.6 is 0 Å². The Labute approximate surface area is 120 Å². The largest absolute Gasteiger partial charge is 0.376 e. The molecule has 0 aliphatic carbocycles. The number of carbonyl (C=O) groups is 1. The number of amides is 1. The Kier molecular flexibility index (Phi) is 3.91. The number of carbonyl (C=O) groups excluding carboxylic acids is 1. The van der Waals surface area contributed by atoms with Crippen LogP contribution in [0.25, 0.3) is 0 Å². The number of nitrogens with zero attached hydrogens (tertiary/aromatic N) is 1. The van der Waals surface area contributed by atoms with E-state index < -0.39 is 0 Å². The number of aromatic amines is 1. The predicted octanol–water partition coefficient (Wildman–Crippen LogP) is 2.43. The van der Waals surface area contributed by atoms with Crippen molar-refractivity contribution in [2.45, 2.75) is 59.6 Å². The van der Waals surface area contributed by atoms with Crippen LogP contribution in [0.4, 0.5) is 0 Å². The van der Waals surface area contributed by atoms with Crippen molar-refractivity contribution in [3.63, 3.8) is 0 Å². The van der Waals surface area contributed by atoms with Gasteiger partial charge in [0.15, 0.2) is 5.69 Å². The summed E-state index contributed by atoms with van der Waals surface area (Å²) in [6.07, 6.45) is 1.69. The zero-order chi connectivity index (χ0) is 15.0. The Hall–Kier alpha value is -1.36. The van der Waals surface area contributed by atoms with Crippen molar-refractivity contribution >= 4 is 5.91 Å². The lowest BCUT2D eigenvalue weighted by Crippen LogP contribution is -2.46. The summed E-state index contributed by atoms with van der Waals surface area (Å²) in [6.45, 7) is 11.8. The van der Waals surface area contributed by atoms with Crippen LogP contribution in [0, 0.1) is 5.41 Å². The first kappa shape index (κ1) is 15.0. The van der Waals surface area contributed by atoms with Gasteiger partial charge in [-0.1, -0.05) is 20.8 Å². The molecule has 2 heterocycles. The van der Waals surface area contributed by atoms with Crippen LogP contribution in [0.1, 0.15) is 62.8 Å². The average Bonchev–Trinajstić information content (AvgIpc) is 2.68. The number of nitrogens with one attached hydrogen (secondary N) is 2. The van der Waals surface area contributed by atoms with Gasteiger partial charge in [0.25, 0.3) is 5.91 Å². The second-order valence-corrected chi connectivity index (χ2v) is 7.41. The molecule has 0 unspecified atom stereocenters. The van der Waals surface area contributed by atoms with Gasteiger partial charge < -0.3 is 10.1 Å². The molecule has 0 fully saturated rings. The molecule has 0 atom stereocenters. The molecule has 20 heavy (non-hydrogen) atoms. The van der Waals surface area contributed by atoms with Crippen molar-refractivity contribution in [2.24, 2.45) is 5.41 Å². The summed E-state index contributed by atoms with van der Waals surface area (Å²) in [4.78, 5) is 12.4. The Morgan fingerprint density at radius 2 is 2.05 bits per heavy atom. The molecule has 0 saturated carbocycles. The molecule has 1 aromatic heterocycles. The van der Waals surface area contributed by atoms with Gasteiger partial charge in [-0.05, 0) is 25.7 Å². The lowest BCUT2D eigenvalue weighted by Gasteiger charge is -2.33. The maximum atomic E-state index is 12.4. The van der Waals surface area contributed by atoms with Gasteiger partial charge in [-0.15, -0.1) is 0 Å². The van der Waals surface area contributed by atoms with E-state index in [0.29, 0.717) is 18.9 Å². The molecular formula is C15H25N3O2. The molecule has 5 nitrogen and oxygen atoms in total. The number of ether oxygens (including phenoxy) is 1. The van der Waals surface area contributed by atoms with Crippen molar-refractivity contribution in [1.29, 1.82) is 0 Å². The molecule has 112 valence electrons. The summed E-state index contributed by atoms with van der Waals surface area (Å²) >= 11 is 0. The highest BCUT2D eigenvalue weighted by atomic mass is 16.5. The summed E-state index contributed by atoms with van der Waals surface area (Å²) in [5.74, 6) is -0.123. The van der Waals surface area contributed by atoms with Gasteiger partial charge in [-0.3, -0.25) is 9.89 Å². The van der Waals surface area contributed by atoms with Crippen LogP contribution in [0.5, 0.6) is 0 Å². The first-order chi connectivity index (χ1) is 9.18. The summed E-state index contributed by atoms with van der Waals surface area (Å²) in [7, 11) is 0. The first-order valence-corrected chi connectivity index (χ1v) is 7.14. The number of hydrogen-bond donors (Lipinski definition) is 2. The molecule has 0 spiro atoms. The minimum absolute atomic E-state index is 0.123. The molecule has 2 N–H and O–H groups in total. The van der Waals surface area contributed by atoms with Gasteiger partial charge in [-0.25, -0.2) is 0 Å². The van der Waals surface area contributed by atoms with Crippen LogP contribution < -0.4 is 5.32 Å². The minimum atomic E-state index is -0.267.